The van der Waals surface area contributed by atoms with Crippen LogP contribution in [-0.4, -0.2) is 7.05 Å². The standard InChI is InChI=1S/C23H19N/c1-24(19-8-3-2-4-9-19)21-15-13-18-11-10-16-6-5-7-17-12-14-20(21)23(18)22(16)17/h2-6,8-13,15H,7,14H2,1H3. The minimum absolute atomic E-state index is 1.02. The van der Waals surface area contributed by atoms with E-state index >= 15 is 0 Å². The van der Waals surface area contributed by atoms with Gasteiger partial charge >= 0.3 is 0 Å². The molecule has 24 heavy (non-hydrogen) atoms. The molecule has 0 atom stereocenters. The Balaban J connectivity index is 1.78. The molecule has 3 aromatic carbocycles. The first kappa shape index (κ1) is 13.6. The largest absolute Gasteiger partial charge is 0.344 e. The molecule has 0 saturated carbocycles. The Morgan fingerprint density at radius 2 is 1.71 bits per heavy atom. The number of hydrogen-bond acceptors (Lipinski definition) is 1. The first-order valence-corrected chi connectivity index (χ1v) is 8.56. The van der Waals surface area contributed by atoms with Gasteiger partial charge in [-0.05, 0) is 64.1 Å². The fourth-order valence-corrected chi connectivity index (χ4v) is 4.12. The summed E-state index contributed by atoms with van der Waals surface area (Å²) < 4.78 is 0. The zero-order chi connectivity index (χ0) is 16.1. The lowest BCUT2D eigenvalue weighted by molar-refractivity contribution is 1.15. The quantitative estimate of drug-likeness (QED) is 0.564. The highest BCUT2D eigenvalue weighted by atomic mass is 15.1. The van der Waals surface area contributed by atoms with Crippen LogP contribution < -0.4 is 4.90 Å². The number of benzene rings is 3. The maximum atomic E-state index is 2.42. The Morgan fingerprint density at radius 1 is 0.875 bits per heavy atom. The van der Waals surface area contributed by atoms with Crippen molar-refractivity contribution in [2.75, 3.05) is 11.9 Å². The van der Waals surface area contributed by atoms with Gasteiger partial charge in [0.15, 0.2) is 0 Å². The molecular formula is C23H19N. The molecule has 0 N–H and O–H groups in total. The monoisotopic (exact) mass is 309 g/mol. The summed E-state index contributed by atoms with van der Waals surface area (Å²) in [4.78, 5) is 2.31. The first-order valence-electron chi connectivity index (χ1n) is 8.56. The van der Waals surface area contributed by atoms with Gasteiger partial charge in [-0.2, -0.15) is 0 Å². The van der Waals surface area contributed by atoms with Crippen molar-refractivity contribution in [2.24, 2.45) is 0 Å². The van der Waals surface area contributed by atoms with E-state index < -0.39 is 0 Å². The maximum absolute atomic E-state index is 2.42. The maximum Gasteiger partial charge on any atom is 0.0450 e. The average Bonchev–Trinajstić information content (AvgIpc) is 2.66. The van der Waals surface area contributed by atoms with Gasteiger partial charge in [-0.25, -0.2) is 0 Å². The molecule has 0 heterocycles. The molecule has 116 valence electrons. The van der Waals surface area contributed by atoms with Crippen molar-refractivity contribution in [3.63, 3.8) is 0 Å². The molecule has 0 radical (unpaired) electrons. The molecule has 0 amide bonds. The predicted molar refractivity (Wildman–Crippen MR) is 104 cm³/mol. The molecule has 1 heteroatoms. The molecule has 2 aliphatic rings. The molecule has 0 aromatic heterocycles. The van der Waals surface area contributed by atoms with Crippen LogP contribution in [0.5, 0.6) is 0 Å². The normalized spacial score (nSPS) is 14.6. The van der Waals surface area contributed by atoms with E-state index in [0.717, 1.165) is 12.8 Å². The Morgan fingerprint density at radius 3 is 2.58 bits per heavy atom. The van der Waals surface area contributed by atoms with Gasteiger partial charge in [0.2, 0.25) is 0 Å². The van der Waals surface area contributed by atoms with Crippen LogP contribution in [0.1, 0.15) is 23.1 Å². The predicted octanol–water partition coefficient (Wildman–Crippen LogP) is 5.96. The second kappa shape index (κ2) is 5.10. The molecule has 0 aliphatic heterocycles. The average molecular weight is 309 g/mol. The summed E-state index contributed by atoms with van der Waals surface area (Å²) in [5, 5.41) is 2.81. The summed E-state index contributed by atoms with van der Waals surface area (Å²) >= 11 is 0. The second-order valence-electron chi connectivity index (χ2n) is 6.63. The van der Waals surface area contributed by atoms with Gasteiger partial charge in [0, 0.05) is 18.4 Å². The van der Waals surface area contributed by atoms with Gasteiger partial charge in [-0.15, -0.1) is 0 Å². The number of para-hydroxylation sites is 1. The SMILES string of the molecule is CN(c1ccccc1)c1ccc2ccc3c4c2c1CC=C4CC=C3. The van der Waals surface area contributed by atoms with Crippen molar-refractivity contribution in [3.05, 3.63) is 83.4 Å². The molecule has 0 saturated heterocycles. The summed E-state index contributed by atoms with van der Waals surface area (Å²) in [5.74, 6) is 0. The Hall–Kier alpha value is -2.80. The minimum Gasteiger partial charge on any atom is -0.344 e. The highest BCUT2D eigenvalue weighted by Crippen LogP contribution is 2.43. The third-order valence-electron chi connectivity index (χ3n) is 5.32. The zero-order valence-electron chi connectivity index (χ0n) is 13.8. The van der Waals surface area contributed by atoms with Crippen molar-refractivity contribution in [2.45, 2.75) is 12.8 Å². The molecular weight excluding hydrogens is 290 g/mol. The zero-order valence-corrected chi connectivity index (χ0v) is 13.8. The van der Waals surface area contributed by atoms with E-state index in [0.29, 0.717) is 0 Å². The van der Waals surface area contributed by atoms with Crippen molar-refractivity contribution in [1.29, 1.82) is 0 Å². The second-order valence-corrected chi connectivity index (χ2v) is 6.63. The van der Waals surface area contributed by atoms with Crippen LogP contribution in [0.2, 0.25) is 0 Å². The van der Waals surface area contributed by atoms with Crippen molar-refractivity contribution in [1.82, 2.24) is 0 Å². The van der Waals surface area contributed by atoms with E-state index in [1.165, 1.54) is 44.4 Å². The van der Waals surface area contributed by atoms with E-state index in [1.807, 2.05) is 0 Å². The lowest BCUT2D eigenvalue weighted by Crippen LogP contribution is -2.13. The van der Waals surface area contributed by atoms with Crippen LogP contribution in [0, 0.1) is 0 Å². The van der Waals surface area contributed by atoms with Gasteiger partial charge in [-0.1, -0.05) is 54.6 Å². The van der Waals surface area contributed by atoms with Crippen LogP contribution in [0.15, 0.2) is 66.7 Å². The van der Waals surface area contributed by atoms with Crippen LogP contribution in [0.25, 0.3) is 22.4 Å². The van der Waals surface area contributed by atoms with Crippen LogP contribution in [0.4, 0.5) is 11.4 Å². The third kappa shape index (κ3) is 1.88. The number of allylic oxidation sites excluding steroid dienone is 3. The van der Waals surface area contributed by atoms with Crippen molar-refractivity contribution < 1.29 is 0 Å². The number of hydrogen-bond donors (Lipinski definition) is 0. The van der Waals surface area contributed by atoms with E-state index in [2.05, 4.69) is 84.8 Å². The van der Waals surface area contributed by atoms with Gasteiger partial charge in [0.1, 0.15) is 0 Å². The molecule has 0 fully saturated rings. The minimum atomic E-state index is 1.02. The van der Waals surface area contributed by atoms with Gasteiger partial charge in [0.05, 0.1) is 0 Å². The van der Waals surface area contributed by atoms with Gasteiger partial charge in [-0.3, -0.25) is 0 Å². The first-order chi connectivity index (χ1) is 11.8. The molecule has 3 aromatic rings. The highest BCUT2D eigenvalue weighted by molar-refractivity contribution is 6.05. The Bertz CT molecular complexity index is 1010. The van der Waals surface area contributed by atoms with Crippen molar-refractivity contribution in [3.8, 4) is 0 Å². The van der Waals surface area contributed by atoms with E-state index in [4.69, 9.17) is 0 Å². The van der Waals surface area contributed by atoms with E-state index in [-0.39, 0.29) is 0 Å². The van der Waals surface area contributed by atoms with E-state index in [9.17, 15) is 0 Å². The van der Waals surface area contributed by atoms with Crippen LogP contribution >= 0.6 is 0 Å². The van der Waals surface area contributed by atoms with Gasteiger partial charge < -0.3 is 4.90 Å². The molecule has 5 rings (SSSR count). The summed E-state index contributed by atoms with van der Waals surface area (Å²) in [7, 11) is 2.17. The summed E-state index contributed by atoms with van der Waals surface area (Å²) in [6.45, 7) is 0. The molecule has 0 spiro atoms. The lowest BCUT2D eigenvalue weighted by atomic mass is 9.81. The van der Waals surface area contributed by atoms with Crippen molar-refractivity contribution >= 4 is 33.8 Å². The topological polar surface area (TPSA) is 3.24 Å². The fourth-order valence-electron chi connectivity index (χ4n) is 4.12. The van der Waals surface area contributed by atoms with E-state index in [1.54, 1.807) is 0 Å². The lowest BCUT2D eigenvalue weighted by Gasteiger charge is -2.28. The fraction of sp³-hybridized carbons (Fsp3) is 0.130. The molecule has 1 nitrogen and oxygen atoms in total. The number of anilines is 2. The molecule has 0 unspecified atom stereocenters. The third-order valence-corrected chi connectivity index (χ3v) is 5.32. The Kier molecular flexibility index (Phi) is 2.90. The number of rotatable bonds is 2. The number of nitrogens with zero attached hydrogens (tertiary/aromatic N) is 1. The smallest absolute Gasteiger partial charge is 0.0450 e. The van der Waals surface area contributed by atoms with Crippen LogP contribution in [0.3, 0.4) is 0 Å². The van der Waals surface area contributed by atoms with Crippen LogP contribution in [-0.2, 0) is 6.42 Å². The summed E-state index contributed by atoms with van der Waals surface area (Å²) in [6, 6.07) is 19.7. The highest BCUT2D eigenvalue weighted by Gasteiger charge is 2.22. The Labute approximate surface area is 142 Å². The summed E-state index contributed by atoms with van der Waals surface area (Å²) in [6.07, 6.45) is 9.06. The molecule has 2 aliphatic carbocycles. The van der Waals surface area contributed by atoms with Gasteiger partial charge in [0.25, 0.3) is 0 Å². The summed E-state index contributed by atoms with van der Waals surface area (Å²) in [5.41, 5.74) is 8.31. The molecule has 0 bridgehead atoms.